The Balaban J connectivity index is 1.97. The van der Waals surface area contributed by atoms with Gasteiger partial charge in [-0.2, -0.15) is 0 Å². The zero-order chi connectivity index (χ0) is 13.7. The minimum absolute atomic E-state index is 0.233. The van der Waals surface area contributed by atoms with Crippen molar-refractivity contribution in [2.24, 2.45) is 0 Å². The van der Waals surface area contributed by atoms with Crippen LogP contribution in [-0.4, -0.2) is 21.6 Å². The number of benzene rings is 1. The highest BCUT2D eigenvalue weighted by molar-refractivity contribution is 9.09. The lowest BCUT2D eigenvalue weighted by Crippen LogP contribution is -2.33. The van der Waals surface area contributed by atoms with Crippen molar-refractivity contribution in [3.63, 3.8) is 0 Å². The van der Waals surface area contributed by atoms with Gasteiger partial charge in [0.15, 0.2) is 0 Å². The van der Waals surface area contributed by atoms with Gasteiger partial charge in [0.05, 0.1) is 11.7 Å². The first kappa shape index (κ1) is 15.0. The topological polar surface area (TPSA) is 40.5 Å². The van der Waals surface area contributed by atoms with Gasteiger partial charge in [-0.3, -0.25) is 0 Å². The molecule has 1 aliphatic carbocycles. The van der Waals surface area contributed by atoms with Crippen LogP contribution >= 0.6 is 15.9 Å². The molecule has 2 nitrogen and oxygen atoms in total. The third-order valence-electron chi connectivity index (χ3n) is 4.12. The van der Waals surface area contributed by atoms with E-state index in [0.717, 1.165) is 17.3 Å². The van der Waals surface area contributed by atoms with Crippen LogP contribution in [0.25, 0.3) is 0 Å². The van der Waals surface area contributed by atoms with E-state index in [1.807, 2.05) is 0 Å². The first-order chi connectivity index (χ1) is 9.14. The summed E-state index contributed by atoms with van der Waals surface area (Å²) in [6, 6.07) is 8.38. The third kappa shape index (κ3) is 4.04. The summed E-state index contributed by atoms with van der Waals surface area (Å²) in [4.78, 5) is 0. The van der Waals surface area contributed by atoms with Crippen LogP contribution in [0, 0.1) is 0 Å². The van der Waals surface area contributed by atoms with E-state index in [1.165, 1.54) is 18.4 Å². The maximum absolute atomic E-state index is 10.6. The smallest absolute Gasteiger partial charge is 0.0898 e. The molecular formula is C16H23BrO2. The summed E-state index contributed by atoms with van der Waals surface area (Å²) >= 11 is 3.44. The quantitative estimate of drug-likeness (QED) is 0.642. The van der Waals surface area contributed by atoms with Crippen molar-refractivity contribution < 1.29 is 10.2 Å². The van der Waals surface area contributed by atoms with Gasteiger partial charge in [-0.25, -0.2) is 0 Å². The van der Waals surface area contributed by atoms with Gasteiger partial charge in [-0.05, 0) is 56.1 Å². The molecule has 2 N–H and O–H groups in total. The average molecular weight is 327 g/mol. The van der Waals surface area contributed by atoms with E-state index in [1.54, 1.807) is 0 Å². The van der Waals surface area contributed by atoms with E-state index in [0.29, 0.717) is 25.7 Å². The van der Waals surface area contributed by atoms with Crippen LogP contribution in [0.15, 0.2) is 24.3 Å². The van der Waals surface area contributed by atoms with E-state index >= 15 is 0 Å². The lowest BCUT2D eigenvalue weighted by molar-refractivity contribution is -0.0361. The van der Waals surface area contributed by atoms with Gasteiger partial charge >= 0.3 is 0 Å². The van der Waals surface area contributed by atoms with E-state index in [9.17, 15) is 10.2 Å². The number of halogens is 1. The number of aryl methyl sites for hydroxylation is 1. The van der Waals surface area contributed by atoms with E-state index in [4.69, 9.17) is 0 Å². The highest BCUT2D eigenvalue weighted by Crippen LogP contribution is 2.37. The Morgan fingerprint density at radius 2 is 1.74 bits per heavy atom. The molecule has 1 aliphatic rings. The van der Waals surface area contributed by atoms with Crippen LogP contribution in [0.2, 0.25) is 0 Å². The van der Waals surface area contributed by atoms with E-state index in [-0.39, 0.29) is 6.10 Å². The summed E-state index contributed by atoms with van der Waals surface area (Å²) in [7, 11) is 0. The molecule has 3 heteroatoms. The number of rotatable bonds is 5. The number of aliphatic hydroxyl groups excluding tert-OH is 1. The monoisotopic (exact) mass is 326 g/mol. The highest BCUT2D eigenvalue weighted by Gasteiger charge is 2.33. The number of hydrogen-bond donors (Lipinski definition) is 2. The molecule has 0 unspecified atom stereocenters. The zero-order valence-corrected chi connectivity index (χ0v) is 12.9. The molecule has 1 saturated carbocycles. The predicted molar refractivity (Wildman–Crippen MR) is 81.5 cm³/mol. The molecule has 0 aromatic heterocycles. The number of unbranched alkanes of at least 4 members (excludes halogenated alkanes) is 1. The molecule has 0 amide bonds. The first-order valence-electron chi connectivity index (χ1n) is 7.20. The Hall–Kier alpha value is -0.380. The van der Waals surface area contributed by atoms with Crippen molar-refractivity contribution >= 4 is 15.9 Å². The van der Waals surface area contributed by atoms with Crippen LogP contribution < -0.4 is 0 Å². The maximum Gasteiger partial charge on any atom is 0.0898 e. The van der Waals surface area contributed by atoms with Gasteiger partial charge in [-0.1, -0.05) is 40.2 Å². The second-order valence-electron chi connectivity index (χ2n) is 5.61. The molecule has 0 saturated heterocycles. The minimum Gasteiger partial charge on any atom is -0.393 e. The first-order valence-corrected chi connectivity index (χ1v) is 8.32. The molecule has 1 fully saturated rings. The van der Waals surface area contributed by atoms with Gasteiger partial charge in [-0.15, -0.1) is 0 Å². The Morgan fingerprint density at radius 3 is 2.32 bits per heavy atom. The molecule has 19 heavy (non-hydrogen) atoms. The molecule has 1 aromatic carbocycles. The SMILES string of the molecule is OC1CCC(O)(c2ccc(CCCCBr)cc2)CC1. The maximum atomic E-state index is 10.6. The van der Waals surface area contributed by atoms with Gasteiger partial charge < -0.3 is 10.2 Å². The summed E-state index contributed by atoms with van der Waals surface area (Å²) in [6.07, 6.45) is 5.98. The average Bonchev–Trinajstić information content (AvgIpc) is 2.43. The lowest BCUT2D eigenvalue weighted by Gasteiger charge is -2.34. The fourth-order valence-electron chi connectivity index (χ4n) is 2.77. The second-order valence-corrected chi connectivity index (χ2v) is 6.40. The third-order valence-corrected chi connectivity index (χ3v) is 4.68. The Morgan fingerprint density at radius 1 is 1.11 bits per heavy atom. The fraction of sp³-hybridized carbons (Fsp3) is 0.625. The van der Waals surface area contributed by atoms with Crippen molar-refractivity contribution in [3.8, 4) is 0 Å². The summed E-state index contributed by atoms with van der Waals surface area (Å²) in [5.74, 6) is 0. The lowest BCUT2D eigenvalue weighted by atomic mass is 9.78. The minimum atomic E-state index is -0.729. The van der Waals surface area contributed by atoms with Crippen molar-refractivity contribution in [1.29, 1.82) is 0 Å². The molecule has 0 bridgehead atoms. The standard InChI is InChI=1S/C16H23BrO2/c17-12-2-1-3-13-4-6-14(7-5-13)16(19)10-8-15(18)9-11-16/h4-7,15,18-19H,1-3,8-12H2. The Labute approximate surface area is 124 Å². The van der Waals surface area contributed by atoms with Crippen molar-refractivity contribution in [1.82, 2.24) is 0 Å². The van der Waals surface area contributed by atoms with Gasteiger partial charge in [0.1, 0.15) is 0 Å². The Bertz CT molecular complexity index is 380. The predicted octanol–water partition coefficient (Wildman–Crippen LogP) is 3.53. The van der Waals surface area contributed by atoms with Crippen LogP contribution in [-0.2, 0) is 12.0 Å². The van der Waals surface area contributed by atoms with Gasteiger partial charge in [0.25, 0.3) is 0 Å². The molecule has 0 heterocycles. The van der Waals surface area contributed by atoms with Gasteiger partial charge in [0.2, 0.25) is 0 Å². The van der Waals surface area contributed by atoms with Crippen molar-refractivity contribution in [2.45, 2.75) is 56.7 Å². The van der Waals surface area contributed by atoms with E-state index in [2.05, 4.69) is 40.2 Å². The Kier molecular flexibility index (Phi) is 5.43. The largest absolute Gasteiger partial charge is 0.393 e. The number of alkyl halides is 1. The number of aliphatic hydroxyl groups is 2. The van der Waals surface area contributed by atoms with Crippen LogP contribution in [0.1, 0.15) is 49.7 Å². The molecule has 0 aliphatic heterocycles. The van der Waals surface area contributed by atoms with Crippen LogP contribution in [0.4, 0.5) is 0 Å². The normalized spacial score (nSPS) is 27.4. The summed E-state index contributed by atoms with van der Waals surface area (Å²) in [5.41, 5.74) is 1.61. The van der Waals surface area contributed by atoms with Crippen LogP contribution in [0.5, 0.6) is 0 Å². The van der Waals surface area contributed by atoms with Crippen LogP contribution in [0.3, 0.4) is 0 Å². The van der Waals surface area contributed by atoms with E-state index < -0.39 is 5.60 Å². The fourth-order valence-corrected chi connectivity index (χ4v) is 3.17. The summed E-state index contributed by atoms with van der Waals surface area (Å²) < 4.78 is 0. The van der Waals surface area contributed by atoms with Crippen molar-refractivity contribution in [2.75, 3.05) is 5.33 Å². The molecular weight excluding hydrogens is 304 g/mol. The molecule has 0 spiro atoms. The highest BCUT2D eigenvalue weighted by atomic mass is 79.9. The molecule has 0 radical (unpaired) electrons. The molecule has 2 rings (SSSR count). The zero-order valence-electron chi connectivity index (χ0n) is 11.3. The van der Waals surface area contributed by atoms with Gasteiger partial charge in [0, 0.05) is 5.33 Å². The number of hydrogen-bond acceptors (Lipinski definition) is 2. The molecule has 0 atom stereocenters. The summed E-state index contributed by atoms with van der Waals surface area (Å²) in [5, 5.41) is 21.2. The molecule has 106 valence electrons. The summed E-state index contributed by atoms with van der Waals surface area (Å²) in [6.45, 7) is 0. The molecule has 1 aromatic rings. The van der Waals surface area contributed by atoms with Crippen molar-refractivity contribution in [3.05, 3.63) is 35.4 Å². The second kappa shape index (κ2) is 6.87.